The Bertz CT molecular complexity index is 623. The van der Waals surface area contributed by atoms with Crippen molar-refractivity contribution in [2.45, 2.75) is 6.92 Å². The largest absolute Gasteiger partial charge is 0.478 e. The number of nitrogens with two attached hydrogens (primary N) is 1. The highest BCUT2D eigenvalue weighted by Gasteiger charge is 2.14. The van der Waals surface area contributed by atoms with E-state index >= 15 is 0 Å². The van der Waals surface area contributed by atoms with Crippen molar-refractivity contribution in [3.63, 3.8) is 0 Å². The van der Waals surface area contributed by atoms with Gasteiger partial charge >= 0.3 is 5.97 Å². The summed E-state index contributed by atoms with van der Waals surface area (Å²) in [5, 5.41) is 8.76. The van der Waals surface area contributed by atoms with E-state index in [0.717, 1.165) is 17.7 Å². The number of carboxylic acid groups (broad SMARTS) is 1. The topological polar surface area (TPSA) is 72.5 Å². The lowest BCUT2D eigenvalue weighted by molar-refractivity contribution is 0.0692. The first-order valence-corrected chi connectivity index (χ1v) is 5.54. The molecule has 3 N–H and O–H groups in total. The summed E-state index contributed by atoms with van der Waals surface area (Å²) in [6.07, 6.45) is 0. The molecule has 0 aromatic heterocycles. The van der Waals surface area contributed by atoms with Gasteiger partial charge in [0.2, 0.25) is 0 Å². The van der Waals surface area contributed by atoms with Crippen molar-refractivity contribution < 1.29 is 19.0 Å². The number of hydrogen-bond donors (Lipinski definition) is 2. The van der Waals surface area contributed by atoms with Crippen LogP contribution in [0.5, 0.6) is 11.5 Å². The Morgan fingerprint density at radius 2 is 1.89 bits per heavy atom. The van der Waals surface area contributed by atoms with Crippen molar-refractivity contribution >= 4 is 11.7 Å². The van der Waals surface area contributed by atoms with Crippen molar-refractivity contribution in [2.75, 3.05) is 5.73 Å². The molecule has 0 radical (unpaired) electrons. The van der Waals surface area contributed by atoms with Gasteiger partial charge in [0, 0.05) is 6.07 Å². The Balaban J connectivity index is 2.33. The van der Waals surface area contributed by atoms with Crippen LogP contribution in [0.15, 0.2) is 36.4 Å². The molecule has 0 aliphatic heterocycles. The lowest BCUT2D eigenvalue weighted by Gasteiger charge is -2.10. The lowest BCUT2D eigenvalue weighted by atomic mass is 10.1. The molecule has 0 aliphatic carbocycles. The van der Waals surface area contributed by atoms with E-state index in [1.54, 1.807) is 12.1 Å². The van der Waals surface area contributed by atoms with Gasteiger partial charge in [-0.2, -0.15) is 0 Å². The fraction of sp³-hybridized carbons (Fsp3) is 0.0714. The van der Waals surface area contributed by atoms with Crippen LogP contribution in [0.1, 0.15) is 15.9 Å². The number of halogens is 1. The first-order chi connectivity index (χ1) is 8.97. The van der Waals surface area contributed by atoms with Crippen molar-refractivity contribution in [2.24, 2.45) is 0 Å². The van der Waals surface area contributed by atoms with Gasteiger partial charge in [0.15, 0.2) is 5.75 Å². The highest BCUT2D eigenvalue weighted by molar-refractivity contribution is 5.89. The maximum Gasteiger partial charge on any atom is 0.338 e. The van der Waals surface area contributed by atoms with Crippen molar-refractivity contribution in [1.82, 2.24) is 0 Å². The van der Waals surface area contributed by atoms with Gasteiger partial charge in [-0.1, -0.05) is 17.7 Å². The van der Waals surface area contributed by atoms with Gasteiger partial charge < -0.3 is 15.6 Å². The summed E-state index contributed by atoms with van der Waals surface area (Å²) in [6, 6.07) is 9.14. The normalized spacial score (nSPS) is 10.2. The van der Waals surface area contributed by atoms with E-state index in [2.05, 4.69) is 0 Å². The molecule has 0 amide bonds. The highest BCUT2D eigenvalue weighted by Crippen LogP contribution is 2.30. The lowest BCUT2D eigenvalue weighted by Crippen LogP contribution is -2.03. The molecule has 0 atom stereocenters. The van der Waals surface area contributed by atoms with Crippen LogP contribution in [0, 0.1) is 12.7 Å². The minimum absolute atomic E-state index is 0.0689. The third-order valence-corrected chi connectivity index (χ3v) is 2.58. The molecule has 5 heteroatoms. The molecule has 19 heavy (non-hydrogen) atoms. The predicted molar refractivity (Wildman–Crippen MR) is 69.0 cm³/mol. The molecule has 4 nitrogen and oxygen atoms in total. The Morgan fingerprint density at radius 3 is 2.47 bits per heavy atom. The molecule has 0 saturated heterocycles. The molecule has 0 spiro atoms. The van der Waals surface area contributed by atoms with E-state index in [1.165, 1.54) is 0 Å². The minimum atomic E-state index is -1.37. The number of aryl methyl sites for hydroxylation is 1. The van der Waals surface area contributed by atoms with E-state index in [1.807, 2.05) is 19.1 Å². The molecule has 0 aliphatic rings. The van der Waals surface area contributed by atoms with Crippen LogP contribution in [-0.2, 0) is 0 Å². The zero-order chi connectivity index (χ0) is 14.0. The van der Waals surface area contributed by atoms with Crippen molar-refractivity contribution in [1.29, 1.82) is 0 Å². The minimum Gasteiger partial charge on any atom is -0.478 e. The van der Waals surface area contributed by atoms with Crippen LogP contribution in [-0.4, -0.2) is 11.1 Å². The summed E-state index contributed by atoms with van der Waals surface area (Å²) in [4.78, 5) is 10.7. The zero-order valence-electron chi connectivity index (χ0n) is 10.2. The van der Waals surface area contributed by atoms with Crippen molar-refractivity contribution in [3.05, 3.63) is 53.3 Å². The molecule has 2 rings (SSSR count). The molecule has 0 bridgehead atoms. The second kappa shape index (κ2) is 4.97. The summed E-state index contributed by atoms with van der Waals surface area (Å²) in [7, 11) is 0. The van der Waals surface area contributed by atoms with Crippen molar-refractivity contribution in [3.8, 4) is 11.5 Å². The smallest absolute Gasteiger partial charge is 0.338 e. The SMILES string of the molecule is Cc1ccc(Oc2cc(F)c(C(=O)O)cc2N)cc1. The van der Waals surface area contributed by atoms with Crippen LogP contribution < -0.4 is 10.5 Å². The third-order valence-electron chi connectivity index (χ3n) is 2.58. The van der Waals surface area contributed by atoms with E-state index in [-0.39, 0.29) is 11.4 Å². The monoisotopic (exact) mass is 261 g/mol. The van der Waals surface area contributed by atoms with Crippen LogP contribution in [0.3, 0.4) is 0 Å². The molecule has 0 saturated carbocycles. The molecule has 2 aromatic carbocycles. The Labute approximate surface area is 109 Å². The van der Waals surface area contributed by atoms with Gasteiger partial charge in [-0.15, -0.1) is 0 Å². The average Bonchev–Trinajstić information content (AvgIpc) is 2.35. The maximum absolute atomic E-state index is 13.5. The van der Waals surface area contributed by atoms with Crippen LogP contribution >= 0.6 is 0 Å². The molecule has 98 valence electrons. The summed E-state index contributed by atoms with van der Waals surface area (Å²) < 4.78 is 19.0. The first kappa shape index (κ1) is 12.9. The molecular weight excluding hydrogens is 249 g/mol. The van der Waals surface area contributed by atoms with Gasteiger partial charge in [-0.3, -0.25) is 0 Å². The standard InChI is InChI=1S/C14H12FNO3/c1-8-2-4-9(5-3-8)19-13-7-11(15)10(14(17)18)6-12(13)16/h2-7H,16H2,1H3,(H,17,18). The van der Waals surface area contributed by atoms with Crippen LogP contribution in [0.4, 0.5) is 10.1 Å². The zero-order valence-corrected chi connectivity index (χ0v) is 10.2. The summed E-state index contributed by atoms with van der Waals surface area (Å²) in [5.41, 5.74) is 6.30. The number of ether oxygens (including phenoxy) is 1. The summed E-state index contributed by atoms with van der Waals surface area (Å²) in [6.45, 7) is 1.93. The quantitative estimate of drug-likeness (QED) is 0.832. The third kappa shape index (κ3) is 2.82. The molecule has 0 unspecified atom stereocenters. The first-order valence-electron chi connectivity index (χ1n) is 5.54. The predicted octanol–water partition coefficient (Wildman–Crippen LogP) is 3.21. The molecular formula is C14H12FNO3. The van der Waals surface area contributed by atoms with E-state index in [9.17, 15) is 9.18 Å². The van der Waals surface area contributed by atoms with E-state index in [0.29, 0.717) is 5.75 Å². The molecule has 2 aromatic rings. The Kier molecular flexibility index (Phi) is 3.37. The highest BCUT2D eigenvalue weighted by atomic mass is 19.1. The summed E-state index contributed by atoms with van der Waals surface area (Å²) >= 11 is 0. The number of benzene rings is 2. The molecule has 0 fully saturated rings. The fourth-order valence-electron chi connectivity index (χ4n) is 1.56. The number of aromatic carboxylic acids is 1. The number of carboxylic acids is 1. The second-order valence-electron chi connectivity index (χ2n) is 4.09. The average molecular weight is 261 g/mol. The Morgan fingerprint density at radius 1 is 1.26 bits per heavy atom. The maximum atomic E-state index is 13.5. The Hall–Kier alpha value is -2.56. The van der Waals surface area contributed by atoms with E-state index < -0.39 is 17.3 Å². The number of anilines is 1. The second-order valence-corrected chi connectivity index (χ2v) is 4.09. The number of rotatable bonds is 3. The van der Waals surface area contributed by atoms with E-state index in [4.69, 9.17) is 15.6 Å². The van der Waals surface area contributed by atoms with Gasteiger partial charge in [0.25, 0.3) is 0 Å². The van der Waals surface area contributed by atoms with Gasteiger partial charge in [-0.05, 0) is 25.1 Å². The number of hydrogen-bond acceptors (Lipinski definition) is 3. The molecule has 0 heterocycles. The fourth-order valence-corrected chi connectivity index (χ4v) is 1.56. The van der Waals surface area contributed by atoms with Gasteiger partial charge in [0.05, 0.1) is 11.3 Å². The van der Waals surface area contributed by atoms with Crippen LogP contribution in [0.2, 0.25) is 0 Å². The number of carbonyl (C=O) groups is 1. The van der Waals surface area contributed by atoms with Gasteiger partial charge in [0.1, 0.15) is 11.6 Å². The van der Waals surface area contributed by atoms with Crippen LogP contribution in [0.25, 0.3) is 0 Å². The van der Waals surface area contributed by atoms with Gasteiger partial charge in [-0.25, -0.2) is 9.18 Å². The number of nitrogen functional groups attached to an aromatic ring is 1. The summed E-state index contributed by atoms with van der Waals surface area (Å²) in [5.74, 6) is -1.67.